The zero-order valence-electron chi connectivity index (χ0n) is 11.9. The van der Waals surface area contributed by atoms with Gasteiger partial charge in [0.2, 0.25) is 0 Å². The maximum absolute atomic E-state index is 11.3. The Hall–Kier alpha value is -2.69. The van der Waals surface area contributed by atoms with Crippen LogP contribution in [0.5, 0.6) is 0 Å². The van der Waals surface area contributed by atoms with Gasteiger partial charge in [0, 0.05) is 0 Å². The van der Waals surface area contributed by atoms with Gasteiger partial charge < -0.3 is 5.11 Å². The largest absolute Gasteiger partial charge is 0.478 e. The number of carboxylic acids is 1. The first kappa shape index (κ1) is 13.3. The van der Waals surface area contributed by atoms with E-state index in [-0.39, 0.29) is 0 Å². The Morgan fingerprint density at radius 1 is 1.19 bits per heavy atom. The van der Waals surface area contributed by atoms with Gasteiger partial charge in [0.25, 0.3) is 0 Å². The third-order valence-corrected chi connectivity index (χ3v) is 3.70. The summed E-state index contributed by atoms with van der Waals surface area (Å²) >= 11 is 0. The Morgan fingerprint density at radius 3 is 2.67 bits per heavy atom. The molecule has 3 aromatic rings. The van der Waals surface area contributed by atoms with Crippen LogP contribution < -0.4 is 0 Å². The average Bonchev–Trinajstić information content (AvgIpc) is 2.82. The first-order valence-electron chi connectivity index (χ1n) is 6.68. The predicted molar refractivity (Wildman–Crippen MR) is 79.5 cm³/mol. The van der Waals surface area contributed by atoms with Gasteiger partial charge in [-0.25, -0.2) is 9.48 Å². The van der Waals surface area contributed by atoms with E-state index in [1.54, 1.807) is 22.9 Å². The molecule has 0 saturated heterocycles. The smallest absolute Gasteiger partial charge is 0.336 e. The molecule has 5 nitrogen and oxygen atoms in total. The van der Waals surface area contributed by atoms with Gasteiger partial charge in [-0.1, -0.05) is 23.4 Å². The molecule has 1 aromatic heterocycles. The lowest BCUT2D eigenvalue weighted by atomic mass is 10.1. The van der Waals surface area contributed by atoms with E-state index < -0.39 is 5.97 Å². The zero-order valence-corrected chi connectivity index (χ0v) is 11.9. The third kappa shape index (κ3) is 2.38. The molecule has 0 amide bonds. The van der Waals surface area contributed by atoms with Crippen molar-refractivity contribution in [3.8, 4) is 0 Å². The van der Waals surface area contributed by atoms with E-state index in [1.807, 2.05) is 32.0 Å². The highest BCUT2D eigenvalue weighted by Crippen LogP contribution is 2.19. The van der Waals surface area contributed by atoms with Crippen LogP contribution in [0.15, 0.2) is 36.4 Å². The molecule has 5 heteroatoms. The van der Waals surface area contributed by atoms with Crippen LogP contribution in [-0.4, -0.2) is 26.1 Å². The lowest BCUT2D eigenvalue weighted by Gasteiger charge is -2.07. The molecule has 0 unspecified atom stereocenters. The first-order chi connectivity index (χ1) is 10.1. The van der Waals surface area contributed by atoms with Crippen molar-refractivity contribution in [3.05, 3.63) is 58.7 Å². The van der Waals surface area contributed by atoms with Crippen molar-refractivity contribution in [3.63, 3.8) is 0 Å². The summed E-state index contributed by atoms with van der Waals surface area (Å²) < 4.78 is 1.74. The molecular formula is C16H15N3O2. The van der Waals surface area contributed by atoms with Gasteiger partial charge in [-0.2, -0.15) is 0 Å². The second kappa shape index (κ2) is 5.01. The van der Waals surface area contributed by atoms with Gasteiger partial charge in [0.1, 0.15) is 5.52 Å². The molecule has 0 aliphatic carbocycles. The van der Waals surface area contributed by atoms with Crippen molar-refractivity contribution < 1.29 is 9.90 Å². The number of hydrogen-bond acceptors (Lipinski definition) is 3. The molecule has 0 aliphatic heterocycles. The minimum absolute atomic E-state index is 0.296. The Bertz CT molecular complexity index is 837. The third-order valence-electron chi connectivity index (χ3n) is 3.70. The molecule has 0 aliphatic rings. The molecular weight excluding hydrogens is 266 g/mol. The van der Waals surface area contributed by atoms with Gasteiger partial charge in [0.05, 0.1) is 17.6 Å². The normalized spacial score (nSPS) is 11.0. The molecule has 3 rings (SSSR count). The SMILES string of the molecule is Cc1cc2nnn(Cc3ccccc3C(=O)O)c2cc1C. The van der Waals surface area contributed by atoms with Crippen molar-refractivity contribution in [1.29, 1.82) is 0 Å². The van der Waals surface area contributed by atoms with Crippen molar-refractivity contribution in [1.82, 2.24) is 15.0 Å². The van der Waals surface area contributed by atoms with E-state index >= 15 is 0 Å². The van der Waals surface area contributed by atoms with Gasteiger partial charge in [-0.05, 0) is 48.7 Å². The number of rotatable bonds is 3. The number of fused-ring (bicyclic) bond motifs is 1. The summed E-state index contributed by atoms with van der Waals surface area (Å²) in [5.74, 6) is -0.929. The minimum Gasteiger partial charge on any atom is -0.478 e. The number of hydrogen-bond donors (Lipinski definition) is 1. The highest BCUT2D eigenvalue weighted by Gasteiger charge is 2.12. The monoisotopic (exact) mass is 281 g/mol. The van der Waals surface area contributed by atoms with Crippen molar-refractivity contribution in [2.45, 2.75) is 20.4 Å². The molecule has 0 radical (unpaired) electrons. The zero-order chi connectivity index (χ0) is 15.0. The van der Waals surface area contributed by atoms with Crippen LogP contribution in [0.3, 0.4) is 0 Å². The van der Waals surface area contributed by atoms with Crippen LogP contribution in [0.1, 0.15) is 27.0 Å². The first-order valence-corrected chi connectivity index (χ1v) is 6.68. The maximum Gasteiger partial charge on any atom is 0.336 e. The molecule has 0 bridgehead atoms. The van der Waals surface area contributed by atoms with E-state index in [1.165, 1.54) is 5.56 Å². The van der Waals surface area contributed by atoms with E-state index in [9.17, 15) is 9.90 Å². The van der Waals surface area contributed by atoms with Crippen LogP contribution >= 0.6 is 0 Å². The number of nitrogens with zero attached hydrogens (tertiary/aromatic N) is 3. The summed E-state index contributed by atoms with van der Waals surface area (Å²) in [6, 6.07) is 11.0. The number of aromatic nitrogens is 3. The fourth-order valence-electron chi connectivity index (χ4n) is 2.37. The lowest BCUT2D eigenvalue weighted by Crippen LogP contribution is -2.08. The molecule has 106 valence electrons. The van der Waals surface area contributed by atoms with E-state index in [0.717, 1.165) is 22.2 Å². The summed E-state index contributed by atoms with van der Waals surface area (Å²) in [5.41, 5.74) is 5.09. The molecule has 1 heterocycles. The van der Waals surface area contributed by atoms with Crippen LogP contribution in [0, 0.1) is 13.8 Å². The summed E-state index contributed by atoms with van der Waals surface area (Å²) in [5, 5.41) is 17.5. The summed E-state index contributed by atoms with van der Waals surface area (Å²) in [6.07, 6.45) is 0. The average molecular weight is 281 g/mol. The van der Waals surface area contributed by atoms with Crippen molar-refractivity contribution in [2.75, 3.05) is 0 Å². The lowest BCUT2D eigenvalue weighted by molar-refractivity contribution is 0.0695. The van der Waals surface area contributed by atoms with Crippen LogP contribution in [0.4, 0.5) is 0 Å². The Labute approximate surface area is 121 Å². The van der Waals surface area contributed by atoms with E-state index in [0.29, 0.717) is 12.1 Å². The Balaban J connectivity index is 2.07. The van der Waals surface area contributed by atoms with Gasteiger partial charge in [0.15, 0.2) is 0 Å². The van der Waals surface area contributed by atoms with Crippen molar-refractivity contribution in [2.24, 2.45) is 0 Å². The fourth-order valence-corrected chi connectivity index (χ4v) is 2.37. The van der Waals surface area contributed by atoms with Crippen LogP contribution in [0.25, 0.3) is 11.0 Å². The topological polar surface area (TPSA) is 68.0 Å². The highest BCUT2D eigenvalue weighted by atomic mass is 16.4. The van der Waals surface area contributed by atoms with Crippen LogP contribution in [-0.2, 0) is 6.54 Å². The molecule has 2 aromatic carbocycles. The molecule has 21 heavy (non-hydrogen) atoms. The molecule has 1 N–H and O–H groups in total. The molecule has 0 fully saturated rings. The molecule has 0 saturated carbocycles. The molecule has 0 spiro atoms. The number of aryl methyl sites for hydroxylation is 2. The highest BCUT2D eigenvalue weighted by molar-refractivity contribution is 5.89. The van der Waals surface area contributed by atoms with Gasteiger partial charge >= 0.3 is 5.97 Å². The van der Waals surface area contributed by atoms with E-state index in [4.69, 9.17) is 0 Å². The summed E-state index contributed by atoms with van der Waals surface area (Å²) in [6.45, 7) is 4.46. The summed E-state index contributed by atoms with van der Waals surface area (Å²) in [7, 11) is 0. The van der Waals surface area contributed by atoms with Crippen LogP contribution in [0.2, 0.25) is 0 Å². The second-order valence-electron chi connectivity index (χ2n) is 5.13. The van der Waals surface area contributed by atoms with Gasteiger partial charge in [-0.15, -0.1) is 5.10 Å². The molecule has 0 atom stereocenters. The Morgan fingerprint density at radius 2 is 1.90 bits per heavy atom. The Kier molecular flexibility index (Phi) is 3.17. The minimum atomic E-state index is -0.929. The quantitative estimate of drug-likeness (QED) is 0.801. The second-order valence-corrected chi connectivity index (χ2v) is 5.13. The number of aromatic carboxylic acids is 1. The predicted octanol–water partition coefficient (Wildman–Crippen LogP) is 2.79. The standard InChI is InChI=1S/C16H15N3O2/c1-10-7-14-15(8-11(10)2)19(18-17-14)9-12-5-3-4-6-13(12)16(20)21/h3-8H,9H2,1-2H3,(H,20,21). The number of carboxylic acid groups (broad SMARTS) is 1. The number of benzene rings is 2. The maximum atomic E-state index is 11.3. The fraction of sp³-hybridized carbons (Fsp3) is 0.188. The van der Waals surface area contributed by atoms with Crippen molar-refractivity contribution >= 4 is 17.0 Å². The van der Waals surface area contributed by atoms with Gasteiger partial charge in [-0.3, -0.25) is 0 Å². The van der Waals surface area contributed by atoms with E-state index in [2.05, 4.69) is 10.3 Å². The summed E-state index contributed by atoms with van der Waals surface area (Å²) in [4.78, 5) is 11.3. The number of carbonyl (C=O) groups is 1.